The predicted octanol–water partition coefficient (Wildman–Crippen LogP) is 3.73. The summed E-state index contributed by atoms with van der Waals surface area (Å²) >= 11 is 6.69. The number of benzene rings is 1. The lowest BCUT2D eigenvalue weighted by Gasteiger charge is -2.65. The molecule has 166 valence electrons. The third-order valence-electron chi connectivity index (χ3n) is 7.55. The number of methoxy groups -OCH3 is 2. The highest BCUT2D eigenvalue weighted by molar-refractivity contribution is 7.46. The lowest BCUT2D eigenvalue weighted by molar-refractivity contribution is -0.643. The molecule has 10 heteroatoms. The van der Waals surface area contributed by atoms with E-state index in [1.54, 1.807) is 19.2 Å². The van der Waals surface area contributed by atoms with E-state index in [-0.39, 0.29) is 28.7 Å². The Balaban J connectivity index is 1.57. The van der Waals surface area contributed by atoms with E-state index in [0.717, 1.165) is 32.1 Å². The van der Waals surface area contributed by atoms with Crippen molar-refractivity contribution >= 4 is 19.4 Å². The number of phosphoric ester groups is 1. The topological polar surface area (TPSA) is 104 Å². The molecule has 8 nitrogen and oxygen atoms in total. The molecule has 6 rings (SSSR count). The second-order valence-electron chi connectivity index (χ2n) is 8.94. The molecule has 1 aromatic rings. The number of rotatable bonds is 5. The van der Waals surface area contributed by atoms with Gasteiger partial charge in [-0.05, 0) is 74.0 Å². The molecule has 4 saturated carbocycles. The van der Waals surface area contributed by atoms with Crippen LogP contribution >= 0.6 is 19.4 Å². The van der Waals surface area contributed by atoms with Gasteiger partial charge in [0.2, 0.25) is 0 Å². The molecule has 1 spiro atoms. The zero-order chi connectivity index (χ0) is 21.3. The number of halogens is 1. The smallest absolute Gasteiger partial charge is 0.493 e. The van der Waals surface area contributed by atoms with Crippen molar-refractivity contribution < 1.29 is 38.1 Å². The van der Waals surface area contributed by atoms with Crippen molar-refractivity contribution in [2.45, 2.75) is 48.9 Å². The predicted molar refractivity (Wildman–Crippen MR) is 106 cm³/mol. The van der Waals surface area contributed by atoms with Gasteiger partial charge in [-0.3, -0.25) is 9.79 Å². The highest BCUT2D eigenvalue weighted by Crippen LogP contribution is 2.68. The normalized spacial score (nSPS) is 42.1. The van der Waals surface area contributed by atoms with Crippen LogP contribution in [0.15, 0.2) is 18.2 Å². The fourth-order valence-electron chi connectivity index (χ4n) is 6.51. The summed E-state index contributed by atoms with van der Waals surface area (Å²) in [5, 5.41) is 0.199. The monoisotopic (exact) mass is 460 g/mol. The first-order chi connectivity index (χ1) is 14.2. The fraction of sp³-hybridized carbons (Fsp3) is 0.700. The number of alkyl halides is 1. The largest absolute Gasteiger partial charge is 0.524 e. The minimum atomic E-state index is -4.78. The van der Waals surface area contributed by atoms with Gasteiger partial charge in [-0.25, -0.2) is 9.45 Å². The molecule has 0 radical (unpaired) electrons. The van der Waals surface area contributed by atoms with Gasteiger partial charge in [-0.15, -0.1) is 11.6 Å². The van der Waals surface area contributed by atoms with Crippen LogP contribution in [0.2, 0.25) is 0 Å². The summed E-state index contributed by atoms with van der Waals surface area (Å²) in [6.45, 7) is 0. The minimum Gasteiger partial charge on any atom is -0.493 e. The van der Waals surface area contributed by atoms with Crippen LogP contribution in [-0.2, 0) is 24.9 Å². The Bertz CT molecular complexity index is 870. The Morgan fingerprint density at radius 3 is 2.30 bits per heavy atom. The van der Waals surface area contributed by atoms with Crippen LogP contribution in [0, 0.1) is 23.7 Å². The van der Waals surface area contributed by atoms with E-state index in [2.05, 4.69) is 0 Å². The molecule has 30 heavy (non-hydrogen) atoms. The van der Waals surface area contributed by atoms with Crippen LogP contribution in [-0.4, -0.2) is 35.0 Å². The number of hydrogen-bond acceptors (Lipinski definition) is 6. The molecular weight excluding hydrogens is 435 g/mol. The van der Waals surface area contributed by atoms with E-state index in [1.165, 1.54) is 13.2 Å². The summed E-state index contributed by atoms with van der Waals surface area (Å²) < 4.78 is 27.5. The van der Waals surface area contributed by atoms with Gasteiger partial charge in [0.15, 0.2) is 17.1 Å². The first-order valence-corrected chi connectivity index (χ1v) is 12.2. The quantitative estimate of drug-likeness (QED) is 0.389. The molecule has 1 aromatic carbocycles. The molecule has 4 bridgehead atoms. The zero-order valence-corrected chi connectivity index (χ0v) is 18.5. The van der Waals surface area contributed by atoms with Crippen LogP contribution in [0.3, 0.4) is 0 Å². The summed E-state index contributed by atoms with van der Waals surface area (Å²) in [4.78, 5) is 30.3. The minimum absolute atomic E-state index is 0.0766. The zero-order valence-electron chi connectivity index (χ0n) is 16.8. The average Bonchev–Trinajstić information content (AvgIpc) is 2.85. The third-order valence-corrected chi connectivity index (χ3v) is 8.52. The van der Waals surface area contributed by atoms with Crippen LogP contribution in [0.5, 0.6) is 11.5 Å². The first-order valence-electron chi connectivity index (χ1n) is 10.2. The van der Waals surface area contributed by atoms with Crippen molar-refractivity contribution in [2.75, 3.05) is 14.2 Å². The molecule has 4 atom stereocenters. The van der Waals surface area contributed by atoms with Gasteiger partial charge in [0.05, 0.1) is 7.11 Å². The standard InChI is InChI=1S/C20H26ClO8P/c1-25-17-4-3-13(10-18(17)27-30(22,23)24)20(26-2)19(28-29-20)14-5-11-6-15(19)9-12(8-14)16(21)7-11/h3-4,10-12,14-16H,5-9H2,1-2H3,(H2,22,23,24). The molecule has 1 aliphatic heterocycles. The van der Waals surface area contributed by atoms with Gasteiger partial charge < -0.3 is 14.0 Å². The van der Waals surface area contributed by atoms with E-state index in [4.69, 9.17) is 35.4 Å². The van der Waals surface area contributed by atoms with Crippen molar-refractivity contribution in [2.24, 2.45) is 23.7 Å². The molecule has 1 heterocycles. The van der Waals surface area contributed by atoms with Gasteiger partial charge in [0.1, 0.15) is 0 Å². The average molecular weight is 461 g/mol. The Hall–Kier alpha value is -0.860. The summed E-state index contributed by atoms with van der Waals surface area (Å²) in [5.41, 5.74) is -0.0852. The lowest BCUT2D eigenvalue weighted by Crippen LogP contribution is -2.75. The third kappa shape index (κ3) is 2.89. The molecule has 5 aliphatic rings. The van der Waals surface area contributed by atoms with Crippen molar-refractivity contribution in [1.82, 2.24) is 0 Å². The molecular formula is C20H26ClO8P. The number of hydrogen-bond donors (Lipinski definition) is 2. The van der Waals surface area contributed by atoms with Gasteiger partial charge in [0, 0.05) is 18.1 Å². The maximum absolute atomic E-state index is 11.5. The highest BCUT2D eigenvalue weighted by Gasteiger charge is 2.76. The Morgan fingerprint density at radius 2 is 1.77 bits per heavy atom. The second kappa shape index (κ2) is 7.07. The number of fused-ring (bicyclic) bond motifs is 1. The molecule has 0 amide bonds. The summed E-state index contributed by atoms with van der Waals surface area (Å²) in [6.07, 6.45) is 4.97. The summed E-state index contributed by atoms with van der Waals surface area (Å²) in [6, 6.07) is 4.87. The Kier molecular flexibility index (Phi) is 4.95. The van der Waals surface area contributed by atoms with Crippen molar-refractivity contribution in [3.63, 3.8) is 0 Å². The highest BCUT2D eigenvalue weighted by atomic mass is 35.5. The van der Waals surface area contributed by atoms with Crippen LogP contribution in [0.4, 0.5) is 0 Å². The van der Waals surface area contributed by atoms with Gasteiger partial charge in [-0.2, -0.15) is 4.89 Å². The SMILES string of the molecule is COc1ccc(C2(OC)OOC23C2CC4CC(Cl)C(C2)CC3C4)cc1OP(=O)(O)O. The van der Waals surface area contributed by atoms with E-state index in [9.17, 15) is 14.4 Å². The van der Waals surface area contributed by atoms with Crippen molar-refractivity contribution in [1.29, 1.82) is 0 Å². The van der Waals surface area contributed by atoms with Gasteiger partial charge in [-0.1, -0.05) is 0 Å². The molecule has 4 aliphatic carbocycles. The second-order valence-corrected chi connectivity index (χ2v) is 10.7. The van der Waals surface area contributed by atoms with E-state index in [0.29, 0.717) is 17.4 Å². The summed E-state index contributed by atoms with van der Waals surface area (Å²) in [7, 11) is -1.81. The van der Waals surface area contributed by atoms with Crippen LogP contribution < -0.4 is 9.26 Å². The Morgan fingerprint density at radius 1 is 1.07 bits per heavy atom. The number of ether oxygens (including phenoxy) is 2. The van der Waals surface area contributed by atoms with E-state index < -0.39 is 19.2 Å². The van der Waals surface area contributed by atoms with E-state index in [1.807, 2.05) is 0 Å². The Labute approximate surface area is 179 Å². The van der Waals surface area contributed by atoms with E-state index >= 15 is 0 Å². The molecule has 1 saturated heterocycles. The van der Waals surface area contributed by atoms with Crippen LogP contribution in [0.1, 0.15) is 37.7 Å². The molecule has 4 unspecified atom stereocenters. The molecule has 2 N–H and O–H groups in total. The van der Waals surface area contributed by atoms with Crippen molar-refractivity contribution in [3.05, 3.63) is 23.8 Å². The lowest BCUT2D eigenvalue weighted by atomic mass is 9.53. The molecule has 5 fully saturated rings. The van der Waals surface area contributed by atoms with Crippen LogP contribution in [0.25, 0.3) is 0 Å². The van der Waals surface area contributed by atoms with Gasteiger partial charge >= 0.3 is 7.82 Å². The maximum Gasteiger partial charge on any atom is 0.524 e. The van der Waals surface area contributed by atoms with Crippen molar-refractivity contribution in [3.8, 4) is 11.5 Å². The first kappa shape index (κ1) is 21.0. The maximum atomic E-state index is 11.5. The van der Waals surface area contributed by atoms with Gasteiger partial charge in [0.25, 0.3) is 5.79 Å². The fourth-order valence-corrected chi connectivity index (χ4v) is 7.36. The number of phosphoric acid groups is 1. The molecule has 0 aromatic heterocycles. The summed E-state index contributed by atoms with van der Waals surface area (Å²) in [5.74, 6) is 0.425.